The number of alkyl halides is 3. The van der Waals surface area contributed by atoms with Gasteiger partial charge in [-0.15, -0.1) is 0 Å². The maximum atomic E-state index is 14.7. The van der Waals surface area contributed by atoms with Crippen molar-refractivity contribution in [3.8, 4) is 5.88 Å². The zero-order chi connectivity index (χ0) is 24.8. The van der Waals surface area contributed by atoms with Crippen LogP contribution in [0.5, 0.6) is 5.88 Å². The summed E-state index contributed by atoms with van der Waals surface area (Å²) in [4.78, 5) is 23.4. The number of rotatable bonds is 4. The molecule has 14 heteroatoms. The van der Waals surface area contributed by atoms with E-state index in [4.69, 9.17) is 10.5 Å². The molecular formula is C19H19F4N5O4S. The maximum absolute atomic E-state index is 14.7. The van der Waals surface area contributed by atoms with E-state index in [-0.39, 0.29) is 17.3 Å². The molecule has 0 bridgehead atoms. The van der Waals surface area contributed by atoms with Gasteiger partial charge < -0.3 is 15.8 Å². The van der Waals surface area contributed by atoms with Crippen LogP contribution in [0.15, 0.2) is 35.6 Å². The number of aromatic nitrogens is 2. The predicted molar refractivity (Wildman–Crippen MR) is 110 cm³/mol. The zero-order valence-electron chi connectivity index (χ0n) is 17.6. The number of benzene rings is 1. The van der Waals surface area contributed by atoms with E-state index in [1.807, 2.05) is 0 Å². The van der Waals surface area contributed by atoms with Gasteiger partial charge in [-0.25, -0.2) is 27.8 Å². The quantitative estimate of drug-likeness (QED) is 0.628. The molecule has 1 atom stereocenters. The largest absolute Gasteiger partial charge is 0.480 e. The lowest BCUT2D eigenvalue weighted by Crippen LogP contribution is -2.60. The zero-order valence-corrected chi connectivity index (χ0v) is 18.4. The van der Waals surface area contributed by atoms with Gasteiger partial charge in [0.15, 0.2) is 15.4 Å². The Morgan fingerprint density at radius 1 is 1.21 bits per heavy atom. The Bertz CT molecular complexity index is 1230. The first-order valence-corrected chi connectivity index (χ1v) is 10.9. The van der Waals surface area contributed by atoms with Gasteiger partial charge in [-0.2, -0.15) is 13.2 Å². The van der Waals surface area contributed by atoms with E-state index in [0.29, 0.717) is 12.1 Å². The molecule has 2 aromatic rings. The second kappa shape index (κ2) is 7.93. The highest BCUT2D eigenvalue weighted by Crippen LogP contribution is 2.49. The number of sulfone groups is 1. The van der Waals surface area contributed by atoms with Crippen LogP contribution in [0.25, 0.3) is 0 Å². The van der Waals surface area contributed by atoms with Gasteiger partial charge in [0.05, 0.1) is 25.3 Å². The summed E-state index contributed by atoms with van der Waals surface area (Å²) in [6.07, 6.45) is -3.11. The van der Waals surface area contributed by atoms with Crippen molar-refractivity contribution in [2.45, 2.75) is 30.3 Å². The molecule has 0 radical (unpaired) electrons. The standard InChI is InChI=1S/C19H19F4N5O4S/c1-17(2)16(24)28-18(19(21,22)23,9-33(17,30)31)11-6-10(4-5-12(11)20)27-15(29)13-7-26-14(32-3)8-25-13/h4-8H,9H2,1-3H3,(H2,24,28)(H,27,29)/t18-/m0/s1. The van der Waals surface area contributed by atoms with Crippen LogP contribution < -0.4 is 15.8 Å². The Morgan fingerprint density at radius 3 is 2.39 bits per heavy atom. The third kappa shape index (κ3) is 4.10. The molecule has 0 unspecified atom stereocenters. The highest BCUT2D eigenvalue weighted by Gasteiger charge is 2.64. The minimum Gasteiger partial charge on any atom is -0.480 e. The van der Waals surface area contributed by atoms with Crippen LogP contribution in [0.1, 0.15) is 29.9 Å². The molecule has 2 heterocycles. The van der Waals surface area contributed by atoms with E-state index in [0.717, 1.165) is 32.3 Å². The number of aliphatic imine (C=N–C) groups is 1. The summed E-state index contributed by atoms with van der Waals surface area (Å²) in [7, 11) is -3.18. The van der Waals surface area contributed by atoms with Gasteiger partial charge in [-0.05, 0) is 32.0 Å². The van der Waals surface area contributed by atoms with E-state index in [9.17, 15) is 30.8 Å². The second-order valence-corrected chi connectivity index (χ2v) is 10.3. The normalized spacial score (nSPS) is 21.7. The van der Waals surface area contributed by atoms with Gasteiger partial charge in [0.25, 0.3) is 5.91 Å². The Labute approximate surface area is 186 Å². The number of amidine groups is 1. The Balaban J connectivity index is 2.10. The molecule has 3 rings (SSSR count). The van der Waals surface area contributed by atoms with E-state index < -0.39 is 55.2 Å². The SMILES string of the molecule is COc1cnc(C(=O)Nc2ccc(F)c([C@]3(C(F)(F)F)CS(=O)(=O)C(C)(C)C(N)=N3)c2)cn1. The third-order valence-electron chi connectivity index (χ3n) is 5.31. The van der Waals surface area contributed by atoms with Crippen LogP contribution in [-0.2, 0) is 15.4 Å². The van der Waals surface area contributed by atoms with Gasteiger partial charge >= 0.3 is 6.18 Å². The molecule has 9 nitrogen and oxygen atoms in total. The monoisotopic (exact) mass is 489 g/mol. The van der Waals surface area contributed by atoms with Gasteiger partial charge in [0.1, 0.15) is 22.1 Å². The van der Waals surface area contributed by atoms with Gasteiger partial charge in [0, 0.05) is 11.3 Å². The number of carbonyl (C=O) groups is 1. The lowest BCUT2D eigenvalue weighted by atomic mass is 9.89. The first-order valence-electron chi connectivity index (χ1n) is 9.27. The van der Waals surface area contributed by atoms with E-state index >= 15 is 0 Å². The molecule has 1 aliphatic heterocycles. The van der Waals surface area contributed by atoms with Crippen LogP contribution in [-0.4, -0.2) is 53.9 Å². The number of nitrogens with one attached hydrogen (secondary N) is 1. The van der Waals surface area contributed by atoms with Crippen LogP contribution in [0, 0.1) is 5.82 Å². The van der Waals surface area contributed by atoms with Crippen LogP contribution in [0.4, 0.5) is 23.2 Å². The van der Waals surface area contributed by atoms with E-state index in [1.165, 1.54) is 7.11 Å². The number of methoxy groups -OCH3 is 1. The molecule has 0 saturated carbocycles. The van der Waals surface area contributed by atoms with Crippen molar-refractivity contribution < 1.29 is 35.5 Å². The molecule has 33 heavy (non-hydrogen) atoms. The summed E-state index contributed by atoms with van der Waals surface area (Å²) in [5.41, 5.74) is 0.561. The number of ether oxygens (including phenoxy) is 1. The Morgan fingerprint density at radius 2 is 1.88 bits per heavy atom. The Kier molecular flexibility index (Phi) is 5.86. The minimum absolute atomic E-state index is 0.125. The summed E-state index contributed by atoms with van der Waals surface area (Å²) in [6.45, 7) is 2.23. The number of anilines is 1. The second-order valence-electron chi connectivity index (χ2n) is 7.72. The number of hydrogen-bond donors (Lipinski definition) is 2. The van der Waals surface area contributed by atoms with Crippen molar-refractivity contribution in [1.29, 1.82) is 0 Å². The predicted octanol–water partition coefficient (Wildman–Crippen LogP) is 2.20. The number of carbonyl (C=O) groups excluding carboxylic acids is 1. The van der Waals surface area contributed by atoms with Crippen molar-refractivity contribution in [3.05, 3.63) is 47.7 Å². The smallest absolute Gasteiger partial charge is 0.418 e. The number of hydrogen-bond acceptors (Lipinski definition) is 8. The summed E-state index contributed by atoms with van der Waals surface area (Å²) < 4.78 is 85.7. The van der Waals surface area contributed by atoms with Crippen LogP contribution >= 0.6 is 0 Å². The lowest BCUT2D eigenvalue weighted by Gasteiger charge is -2.40. The molecule has 1 aromatic heterocycles. The maximum Gasteiger partial charge on any atom is 0.418 e. The molecule has 3 N–H and O–H groups in total. The summed E-state index contributed by atoms with van der Waals surface area (Å²) in [6, 6.07) is 2.34. The highest BCUT2D eigenvalue weighted by atomic mass is 32.2. The summed E-state index contributed by atoms with van der Waals surface area (Å²) in [5, 5.41) is 2.27. The van der Waals surface area contributed by atoms with Gasteiger partial charge in [-0.3, -0.25) is 4.79 Å². The number of halogens is 4. The molecule has 1 aliphatic rings. The lowest BCUT2D eigenvalue weighted by molar-refractivity contribution is -0.183. The molecule has 1 amide bonds. The topological polar surface area (TPSA) is 137 Å². The number of nitrogens with two attached hydrogens (primary N) is 1. The average molecular weight is 489 g/mol. The fourth-order valence-corrected chi connectivity index (χ4v) is 4.74. The average Bonchev–Trinajstić information content (AvgIpc) is 2.72. The van der Waals surface area contributed by atoms with E-state index in [2.05, 4.69) is 20.3 Å². The van der Waals surface area contributed by atoms with E-state index in [1.54, 1.807) is 0 Å². The van der Waals surface area contributed by atoms with Crippen molar-refractivity contribution >= 4 is 27.3 Å². The fraction of sp³-hybridized carbons (Fsp3) is 0.368. The summed E-state index contributed by atoms with van der Waals surface area (Å²) in [5.74, 6) is -4.48. The molecule has 0 aliphatic carbocycles. The molecule has 0 fully saturated rings. The molecule has 0 spiro atoms. The van der Waals surface area contributed by atoms with Gasteiger partial charge in [-0.1, -0.05) is 0 Å². The third-order valence-corrected chi connectivity index (χ3v) is 7.88. The molecule has 0 saturated heterocycles. The Hall–Kier alpha value is -3.29. The van der Waals surface area contributed by atoms with Crippen molar-refractivity contribution in [1.82, 2.24) is 9.97 Å². The van der Waals surface area contributed by atoms with Crippen molar-refractivity contribution in [3.63, 3.8) is 0 Å². The first-order chi connectivity index (χ1) is 15.1. The fourth-order valence-electron chi connectivity index (χ4n) is 3.08. The summed E-state index contributed by atoms with van der Waals surface area (Å²) >= 11 is 0. The van der Waals surface area contributed by atoms with Crippen molar-refractivity contribution in [2.24, 2.45) is 10.7 Å². The van der Waals surface area contributed by atoms with Crippen molar-refractivity contribution in [2.75, 3.05) is 18.2 Å². The first kappa shape index (κ1) is 24.4. The van der Waals surface area contributed by atoms with Gasteiger partial charge in [0.2, 0.25) is 5.88 Å². The number of nitrogens with zero attached hydrogens (tertiary/aromatic N) is 3. The molecule has 178 valence electrons. The minimum atomic E-state index is -5.33. The van der Waals surface area contributed by atoms with Crippen LogP contribution in [0.2, 0.25) is 0 Å². The number of amides is 1. The molecule has 1 aromatic carbocycles. The van der Waals surface area contributed by atoms with Crippen LogP contribution in [0.3, 0.4) is 0 Å². The highest BCUT2D eigenvalue weighted by molar-refractivity contribution is 7.93. The molecular weight excluding hydrogens is 470 g/mol.